The number of rotatable bonds is 2. The predicted octanol–water partition coefficient (Wildman–Crippen LogP) is 4.13. The van der Waals surface area contributed by atoms with Crippen molar-refractivity contribution >= 4 is 66.2 Å². The van der Waals surface area contributed by atoms with Gasteiger partial charge in [-0.1, -0.05) is 24.3 Å². The third kappa shape index (κ3) is 3.95. The Hall–Kier alpha value is -0.320. The fourth-order valence-electron chi connectivity index (χ4n) is 2.44. The van der Waals surface area contributed by atoms with Crippen molar-refractivity contribution in [1.82, 2.24) is 0 Å². The van der Waals surface area contributed by atoms with Crippen LogP contribution in [0.1, 0.15) is 0 Å². The zero-order valence-electron chi connectivity index (χ0n) is 11.9. The van der Waals surface area contributed by atoms with E-state index in [4.69, 9.17) is 0 Å². The van der Waals surface area contributed by atoms with E-state index in [0.29, 0.717) is 0 Å². The third-order valence-corrected chi connectivity index (χ3v) is 5.13. The van der Waals surface area contributed by atoms with Crippen LogP contribution in [-0.4, -0.2) is 0 Å². The largest absolute Gasteiger partial charge is 0.106 e. The summed E-state index contributed by atoms with van der Waals surface area (Å²) in [5.41, 5.74) is 5.01. The maximum atomic E-state index is 2.78. The highest BCUT2D eigenvalue weighted by Crippen LogP contribution is 2.28. The molecule has 3 atom stereocenters. The minimum Gasteiger partial charge on any atom is -0.106 e. The number of hydrogen-bond donors (Lipinski definition) is 0. The first-order valence-corrected chi connectivity index (χ1v) is 9.65. The van der Waals surface area contributed by atoms with Gasteiger partial charge in [0, 0.05) is 3.57 Å². The molecule has 0 aliphatic heterocycles. The summed E-state index contributed by atoms with van der Waals surface area (Å²) in [6, 6.07) is 21.9. The summed E-state index contributed by atoms with van der Waals surface area (Å²) < 4.78 is 1.25. The van der Waals surface area contributed by atoms with E-state index in [-0.39, 0.29) is 0 Å². The van der Waals surface area contributed by atoms with Gasteiger partial charge in [-0.25, -0.2) is 0 Å². The second-order valence-electron chi connectivity index (χ2n) is 5.24. The molecule has 3 unspecified atom stereocenters. The van der Waals surface area contributed by atoms with E-state index in [1.54, 1.807) is 0 Å². The van der Waals surface area contributed by atoms with Crippen molar-refractivity contribution in [3.8, 4) is 22.3 Å². The van der Waals surface area contributed by atoms with Crippen molar-refractivity contribution in [2.24, 2.45) is 0 Å². The minimum absolute atomic E-state index is 1.20. The van der Waals surface area contributed by atoms with Crippen molar-refractivity contribution in [3.05, 3.63) is 64.2 Å². The lowest BCUT2D eigenvalue weighted by atomic mass is 9.99. The molecular formula is C18H16IP3. The van der Waals surface area contributed by atoms with Crippen LogP contribution in [0.15, 0.2) is 60.7 Å². The second kappa shape index (κ2) is 7.06. The average molecular weight is 452 g/mol. The van der Waals surface area contributed by atoms with Gasteiger partial charge in [0.15, 0.2) is 0 Å². The van der Waals surface area contributed by atoms with Crippen LogP contribution in [0, 0.1) is 3.57 Å². The first-order chi connectivity index (χ1) is 10.5. The van der Waals surface area contributed by atoms with Crippen molar-refractivity contribution in [2.45, 2.75) is 0 Å². The van der Waals surface area contributed by atoms with Gasteiger partial charge in [-0.2, -0.15) is 0 Å². The molecule has 0 spiro atoms. The van der Waals surface area contributed by atoms with Crippen LogP contribution in [0.4, 0.5) is 0 Å². The highest BCUT2D eigenvalue weighted by atomic mass is 127. The van der Waals surface area contributed by atoms with Crippen LogP contribution in [0.25, 0.3) is 22.3 Å². The monoisotopic (exact) mass is 452 g/mol. The molecule has 0 saturated carbocycles. The third-order valence-electron chi connectivity index (χ3n) is 3.45. The molecule has 0 fully saturated rings. The van der Waals surface area contributed by atoms with Gasteiger partial charge in [0.05, 0.1) is 0 Å². The normalized spacial score (nSPS) is 10.7. The Bertz CT molecular complexity index is 806. The molecule has 0 aromatic heterocycles. The SMILES string of the molecule is Pc1ccc(-c2cc(I)cc(-c3cc(P)cc(P)c3)c2)cc1. The van der Waals surface area contributed by atoms with Crippen molar-refractivity contribution in [3.63, 3.8) is 0 Å². The summed E-state index contributed by atoms with van der Waals surface area (Å²) in [5.74, 6) is 0. The summed E-state index contributed by atoms with van der Waals surface area (Å²) in [6.07, 6.45) is 0. The maximum Gasteiger partial charge on any atom is 0.0142 e. The number of benzene rings is 3. The molecule has 0 aliphatic carbocycles. The molecule has 0 aliphatic rings. The summed E-state index contributed by atoms with van der Waals surface area (Å²) in [4.78, 5) is 0. The fourth-order valence-corrected chi connectivity index (χ4v) is 4.24. The summed E-state index contributed by atoms with van der Waals surface area (Å²) in [7, 11) is 8.30. The lowest BCUT2D eigenvalue weighted by Gasteiger charge is -2.10. The van der Waals surface area contributed by atoms with E-state index in [0.717, 1.165) is 0 Å². The van der Waals surface area contributed by atoms with E-state index in [1.807, 2.05) is 0 Å². The molecule has 0 bridgehead atoms. The Morgan fingerprint density at radius 1 is 0.500 bits per heavy atom. The maximum absolute atomic E-state index is 2.78. The van der Waals surface area contributed by atoms with Gasteiger partial charge < -0.3 is 0 Å². The second-order valence-corrected chi connectivity index (χ2v) is 8.48. The van der Waals surface area contributed by atoms with Crippen LogP contribution >= 0.6 is 50.3 Å². The summed E-state index contributed by atoms with van der Waals surface area (Å²) in [6.45, 7) is 0. The smallest absolute Gasteiger partial charge is 0.0142 e. The summed E-state index contributed by atoms with van der Waals surface area (Å²) in [5, 5.41) is 3.61. The van der Waals surface area contributed by atoms with Crippen molar-refractivity contribution in [1.29, 1.82) is 0 Å². The van der Waals surface area contributed by atoms with Gasteiger partial charge in [-0.05, 0) is 97.2 Å². The van der Waals surface area contributed by atoms with E-state index >= 15 is 0 Å². The van der Waals surface area contributed by atoms with Crippen LogP contribution in [-0.2, 0) is 0 Å². The van der Waals surface area contributed by atoms with Gasteiger partial charge in [0.25, 0.3) is 0 Å². The summed E-state index contributed by atoms with van der Waals surface area (Å²) >= 11 is 2.39. The van der Waals surface area contributed by atoms with Crippen LogP contribution in [0.3, 0.4) is 0 Å². The Kier molecular flexibility index (Phi) is 5.31. The molecule has 3 aromatic carbocycles. The highest BCUT2D eigenvalue weighted by molar-refractivity contribution is 14.1. The standard InChI is InChI=1S/C18H16IP3/c19-15-6-12(11-1-3-16(20)4-2-11)5-13(7-15)14-8-17(21)10-18(22)9-14/h1-10H,20-22H2. The quantitative estimate of drug-likeness (QED) is 0.406. The van der Waals surface area contributed by atoms with Crippen molar-refractivity contribution in [2.75, 3.05) is 0 Å². The average Bonchev–Trinajstić information content (AvgIpc) is 2.46. The molecule has 3 rings (SSSR count). The number of hydrogen-bond acceptors (Lipinski definition) is 0. The fraction of sp³-hybridized carbons (Fsp3) is 0. The van der Waals surface area contributed by atoms with Crippen LogP contribution < -0.4 is 15.9 Å². The number of halogens is 1. The molecule has 110 valence electrons. The molecule has 4 heteroatoms. The lowest BCUT2D eigenvalue weighted by molar-refractivity contribution is 1.58. The van der Waals surface area contributed by atoms with Gasteiger partial charge in [-0.15, -0.1) is 27.7 Å². The highest BCUT2D eigenvalue weighted by Gasteiger charge is 2.05. The van der Waals surface area contributed by atoms with Crippen LogP contribution in [0.5, 0.6) is 0 Å². The van der Waals surface area contributed by atoms with Gasteiger partial charge >= 0.3 is 0 Å². The van der Waals surface area contributed by atoms with Gasteiger partial charge in [0.2, 0.25) is 0 Å². The van der Waals surface area contributed by atoms with E-state index in [9.17, 15) is 0 Å². The Labute approximate surface area is 152 Å². The van der Waals surface area contributed by atoms with E-state index in [2.05, 4.69) is 111 Å². The zero-order chi connectivity index (χ0) is 15.7. The van der Waals surface area contributed by atoms with Crippen molar-refractivity contribution < 1.29 is 0 Å². The Morgan fingerprint density at radius 2 is 1.00 bits per heavy atom. The molecule has 0 amide bonds. The first-order valence-electron chi connectivity index (χ1n) is 6.84. The van der Waals surface area contributed by atoms with E-state index < -0.39 is 0 Å². The molecular weight excluding hydrogens is 436 g/mol. The predicted molar refractivity (Wildman–Crippen MR) is 118 cm³/mol. The minimum atomic E-state index is 1.20. The molecule has 0 heterocycles. The topological polar surface area (TPSA) is 0 Å². The molecule has 0 radical (unpaired) electrons. The molecule has 3 aromatic rings. The molecule has 0 N–H and O–H groups in total. The van der Waals surface area contributed by atoms with Gasteiger partial charge in [0.1, 0.15) is 0 Å². The molecule has 0 saturated heterocycles. The Morgan fingerprint density at radius 3 is 1.59 bits per heavy atom. The first kappa shape index (κ1) is 16.5. The molecule has 22 heavy (non-hydrogen) atoms. The van der Waals surface area contributed by atoms with E-state index in [1.165, 1.54) is 41.7 Å². The Balaban J connectivity index is 2.12. The van der Waals surface area contributed by atoms with Crippen LogP contribution in [0.2, 0.25) is 0 Å². The lowest BCUT2D eigenvalue weighted by Crippen LogP contribution is -2.01. The van der Waals surface area contributed by atoms with Gasteiger partial charge in [-0.3, -0.25) is 0 Å². The zero-order valence-corrected chi connectivity index (χ0v) is 17.5. The molecule has 0 nitrogen and oxygen atoms in total.